The maximum Gasteiger partial charge on any atom is 0.342 e. The van der Waals surface area contributed by atoms with Crippen molar-refractivity contribution in [3.05, 3.63) is 70.6 Å². The summed E-state index contributed by atoms with van der Waals surface area (Å²) in [5.74, 6) is -0.0821. The minimum atomic E-state index is -1.03. The average molecular weight is 453 g/mol. The molecule has 0 bridgehead atoms. The maximum atomic E-state index is 12.7. The average Bonchev–Trinajstić information content (AvgIpc) is 3.02. The second kappa shape index (κ2) is 10.1. The predicted molar refractivity (Wildman–Crippen MR) is 125 cm³/mol. The van der Waals surface area contributed by atoms with Gasteiger partial charge in [0.15, 0.2) is 6.10 Å². The number of carbonyl (C=O) groups excluding carboxylic acids is 3. The minimum Gasteiger partial charge on any atom is -0.457 e. The summed E-state index contributed by atoms with van der Waals surface area (Å²) in [6.07, 6.45) is -1.03. The number of benzene rings is 2. The zero-order valence-corrected chi connectivity index (χ0v) is 19.0. The van der Waals surface area contributed by atoms with Gasteiger partial charge in [0.25, 0.3) is 5.91 Å². The Labute approximate surface area is 190 Å². The van der Waals surface area contributed by atoms with Crippen molar-refractivity contribution in [2.45, 2.75) is 33.8 Å². The van der Waals surface area contributed by atoms with Crippen molar-refractivity contribution < 1.29 is 23.9 Å². The van der Waals surface area contributed by atoms with Gasteiger partial charge in [-0.1, -0.05) is 18.2 Å². The normalized spacial score (nSPS) is 11.4. The number of anilines is 2. The van der Waals surface area contributed by atoms with E-state index in [0.717, 1.165) is 4.88 Å². The Morgan fingerprint density at radius 1 is 0.906 bits per heavy atom. The van der Waals surface area contributed by atoms with Gasteiger partial charge in [-0.05, 0) is 62.7 Å². The largest absolute Gasteiger partial charge is 0.457 e. The van der Waals surface area contributed by atoms with Crippen LogP contribution in [0.25, 0.3) is 0 Å². The van der Waals surface area contributed by atoms with Crippen molar-refractivity contribution in [2.75, 3.05) is 10.6 Å². The van der Waals surface area contributed by atoms with Crippen LogP contribution in [0.2, 0.25) is 0 Å². The lowest BCUT2D eigenvalue weighted by Crippen LogP contribution is -2.30. The lowest BCUT2D eigenvalue weighted by Gasteiger charge is -2.15. The molecule has 1 unspecified atom stereocenters. The molecule has 3 aromatic rings. The zero-order valence-electron chi connectivity index (χ0n) is 18.2. The van der Waals surface area contributed by atoms with E-state index in [9.17, 15) is 14.4 Å². The summed E-state index contributed by atoms with van der Waals surface area (Å²) in [5.41, 5.74) is 1.52. The van der Waals surface area contributed by atoms with Gasteiger partial charge in [-0.2, -0.15) is 0 Å². The first-order chi connectivity index (χ1) is 15.2. The molecule has 8 heteroatoms. The Balaban J connectivity index is 1.61. The number of amides is 2. The van der Waals surface area contributed by atoms with Crippen LogP contribution in [0.3, 0.4) is 0 Å². The second-order valence-corrected chi connectivity index (χ2v) is 8.37. The van der Waals surface area contributed by atoms with E-state index in [1.165, 1.54) is 25.2 Å². The molecule has 2 amide bonds. The van der Waals surface area contributed by atoms with E-state index in [1.807, 2.05) is 37.3 Å². The third-order valence-electron chi connectivity index (χ3n) is 4.63. The molecule has 0 aliphatic heterocycles. The van der Waals surface area contributed by atoms with Crippen LogP contribution in [0.1, 0.15) is 34.6 Å². The molecule has 1 heterocycles. The fraction of sp³-hybridized carbons (Fsp3) is 0.208. The molecule has 7 nitrogen and oxygen atoms in total. The van der Waals surface area contributed by atoms with Crippen molar-refractivity contribution in [1.29, 1.82) is 0 Å². The van der Waals surface area contributed by atoms with Crippen molar-refractivity contribution in [1.82, 2.24) is 0 Å². The Morgan fingerprint density at radius 2 is 1.53 bits per heavy atom. The van der Waals surface area contributed by atoms with Gasteiger partial charge in [0, 0.05) is 17.5 Å². The maximum absolute atomic E-state index is 12.7. The van der Waals surface area contributed by atoms with Crippen LogP contribution in [0.5, 0.6) is 11.5 Å². The number of hydrogen-bond donors (Lipinski definition) is 2. The van der Waals surface area contributed by atoms with Crippen LogP contribution in [-0.2, 0) is 14.3 Å². The number of ether oxygens (including phenoxy) is 2. The highest BCUT2D eigenvalue weighted by Gasteiger charge is 2.25. The Kier molecular flexibility index (Phi) is 7.27. The molecule has 0 saturated heterocycles. The number of carbonyl (C=O) groups is 3. The molecule has 0 fully saturated rings. The number of hydrogen-bond acceptors (Lipinski definition) is 6. The lowest BCUT2D eigenvalue weighted by molar-refractivity contribution is -0.123. The van der Waals surface area contributed by atoms with Gasteiger partial charge in [0.1, 0.15) is 16.5 Å². The Hall–Kier alpha value is -3.65. The molecule has 32 heavy (non-hydrogen) atoms. The van der Waals surface area contributed by atoms with E-state index < -0.39 is 18.0 Å². The molecule has 2 N–H and O–H groups in total. The van der Waals surface area contributed by atoms with Gasteiger partial charge in [-0.25, -0.2) is 4.79 Å². The highest BCUT2D eigenvalue weighted by Crippen LogP contribution is 2.33. The quantitative estimate of drug-likeness (QED) is 0.475. The number of para-hydroxylation sites is 1. The fourth-order valence-corrected chi connectivity index (χ4v) is 3.96. The summed E-state index contributed by atoms with van der Waals surface area (Å²) < 4.78 is 11.1. The number of esters is 1. The zero-order chi connectivity index (χ0) is 23.3. The monoisotopic (exact) mass is 452 g/mol. The summed E-state index contributed by atoms with van der Waals surface area (Å²) in [6, 6.07) is 16.2. The van der Waals surface area contributed by atoms with Gasteiger partial charge >= 0.3 is 5.97 Å². The summed E-state index contributed by atoms with van der Waals surface area (Å²) in [5, 5.41) is 5.78. The second-order valence-electron chi connectivity index (χ2n) is 7.14. The van der Waals surface area contributed by atoms with Crippen LogP contribution in [0.4, 0.5) is 10.7 Å². The summed E-state index contributed by atoms with van der Waals surface area (Å²) in [7, 11) is 0. The third-order valence-corrected chi connectivity index (χ3v) is 5.76. The highest BCUT2D eigenvalue weighted by molar-refractivity contribution is 7.16. The van der Waals surface area contributed by atoms with E-state index in [1.54, 1.807) is 31.2 Å². The number of nitrogens with one attached hydrogen (secondary N) is 2. The Bertz CT molecular complexity index is 1120. The molecule has 2 aromatic carbocycles. The third kappa shape index (κ3) is 5.73. The van der Waals surface area contributed by atoms with Gasteiger partial charge in [-0.3, -0.25) is 9.59 Å². The smallest absolute Gasteiger partial charge is 0.342 e. The molecule has 0 spiro atoms. The molecule has 0 radical (unpaired) electrons. The van der Waals surface area contributed by atoms with Crippen LogP contribution in [0, 0.1) is 13.8 Å². The van der Waals surface area contributed by atoms with E-state index >= 15 is 0 Å². The van der Waals surface area contributed by atoms with Crippen LogP contribution < -0.4 is 15.4 Å². The molecule has 3 rings (SSSR count). The number of rotatable bonds is 7. The van der Waals surface area contributed by atoms with E-state index in [2.05, 4.69) is 10.6 Å². The van der Waals surface area contributed by atoms with Crippen LogP contribution >= 0.6 is 11.3 Å². The highest BCUT2D eigenvalue weighted by atomic mass is 32.1. The van der Waals surface area contributed by atoms with Crippen molar-refractivity contribution >= 4 is 39.8 Å². The summed E-state index contributed by atoms with van der Waals surface area (Å²) >= 11 is 1.29. The van der Waals surface area contributed by atoms with Crippen molar-refractivity contribution in [2.24, 2.45) is 0 Å². The predicted octanol–water partition coefficient (Wildman–Crippen LogP) is 5.30. The van der Waals surface area contributed by atoms with Crippen molar-refractivity contribution in [3.63, 3.8) is 0 Å². The van der Waals surface area contributed by atoms with Gasteiger partial charge < -0.3 is 20.1 Å². The molecule has 1 aromatic heterocycles. The number of thiophene rings is 1. The SMILES string of the molecule is CC(=O)Nc1sc(C)c(C)c1C(=O)OC(C)C(=O)Nc1ccc(Oc2ccccc2)cc1. The Morgan fingerprint density at radius 3 is 2.16 bits per heavy atom. The first-order valence-corrected chi connectivity index (χ1v) is 10.8. The minimum absolute atomic E-state index is 0.268. The summed E-state index contributed by atoms with van der Waals surface area (Å²) in [4.78, 5) is 37.5. The van der Waals surface area contributed by atoms with Crippen LogP contribution in [-0.4, -0.2) is 23.9 Å². The molecule has 0 aliphatic carbocycles. The lowest BCUT2D eigenvalue weighted by atomic mass is 10.1. The van der Waals surface area contributed by atoms with Gasteiger partial charge in [0.2, 0.25) is 5.91 Å². The molecular formula is C24H24N2O5S. The van der Waals surface area contributed by atoms with Gasteiger partial charge in [0.05, 0.1) is 5.56 Å². The fourth-order valence-electron chi connectivity index (χ4n) is 2.87. The summed E-state index contributed by atoms with van der Waals surface area (Å²) in [6.45, 7) is 6.49. The standard InChI is InChI=1S/C24H24N2O5S/c1-14-16(3)32-23(25-17(4)27)21(14)24(29)30-15(2)22(28)26-18-10-12-20(13-11-18)31-19-8-6-5-7-9-19/h5-13,15H,1-4H3,(H,25,27)(H,26,28). The van der Waals surface area contributed by atoms with E-state index in [-0.39, 0.29) is 11.5 Å². The number of aryl methyl sites for hydroxylation is 1. The molecular weight excluding hydrogens is 428 g/mol. The van der Waals surface area contributed by atoms with Crippen molar-refractivity contribution in [3.8, 4) is 11.5 Å². The van der Waals surface area contributed by atoms with Crippen LogP contribution in [0.15, 0.2) is 54.6 Å². The molecule has 166 valence electrons. The first kappa shape index (κ1) is 23.0. The molecule has 1 atom stereocenters. The topological polar surface area (TPSA) is 93.7 Å². The molecule has 0 saturated carbocycles. The van der Waals surface area contributed by atoms with E-state index in [0.29, 0.717) is 27.8 Å². The van der Waals surface area contributed by atoms with Gasteiger partial charge in [-0.15, -0.1) is 11.3 Å². The first-order valence-electron chi connectivity index (χ1n) is 9.97. The molecule has 0 aliphatic rings. The van der Waals surface area contributed by atoms with E-state index in [4.69, 9.17) is 9.47 Å².